The number of carbonyl (C=O) groups excluding carboxylic acids is 1. The molecule has 4 saturated carbocycles. The van der Waals surface area contributed by atoms with Gasteiger partial charge in [-0.25, -0.2) is 9.97 Å². The van der Waals surface area contributed by atoms with E-state index >= 15 is 0 Å². The molecule has 1 amide bonds. The van der Waals surface area contributed by atoms with E-state index in [1.165, 1.54) is 38.5 Å². The van der Waals surface area contributed by atoms with Gasteiger partial charge in [-0.1, -0.05) is 6.07 Å². The van der Waals surface area contributed by atoms with Crippen LogP contribution in [0.15, 0.2) is 36.9 Å². The molecule has 3 heterocycles. The number of aliphatic hydroxyl groups is 1. The van der Waals surface area contributed by atoms with Gasteiger partial charge in [0.15, 0.2) is 0 Å². The smallest absolute Gasteiger partial charge is 0.268 e. The van der Waals surface area contributed by atoms with Crippen LogP contribution in [0.3, 0.4) is 0 Å². The Hall–Kier alpha value is -2.67. The van der Waals surface area contributed by atoms with E-state index < -0.39 is 0 Å². The SMILES string of the molecule is O=C(NCC12CC3CC4CC(C1)C4(C3)C2)c1cccc2nc(Cn3cnc(CO)c3)cn12. The maximum atomic E-state index is 13.2. The fraction of sp³-hybridized carbons (Fsp3) is 0.560. The Bertz CT molecular complexity index is 1230. The lowest BCUT2D eigenvalue weighted by molar-refractivity contribution is -0.00254. The van der Waals surface area contributed by atoms with E-state index in [9.17, 15) is 9.90 Å². The average Bonchev–Trinajstić information content (AvgIpc) is 3.49. The molecule has 0 saturated heterocycles. The zero-order chi connectivity index (χ0) is 21.5. The second kappa shape index (κ2) is 6.44. The molecule has 2 N–H and O–H groups in total. The minimum Gasteiger partial charge on any atom is -0.390 e. The maximum absolute atomic E-state index is 13.2. The monoisotopic (exact) mass is 431 g/mol. The number of nitrogens with one attached hydrogen (secondary N) is 1. The van der Waals surface area contributed by atoms with Crippen molar-refractivity contribution in [1.82, 2.24) is 24.3 Å². The van der Waals surface area contributed by atoms with Crippen molar-refractivity contribution in [1.29, 1.82) is 0 Å². The highest BCUT2D eigenvalue weighted by Gasteiger charge is 2.70. The standard InChI is InChI=1S/C25H29N5O2/c31-12-20-10-29(15-27-20)9-19-11-30-21(2-1-3-22(30)28-19)23(32)26-14-24-6-16-4-17-5-18(8-24)25(17,7-16)13-24/h1-3,10-11,15-18,31H,4-9,12-14H2,(H,26,32). The minimum atomic E-state index is -0.0761. The van der Waals surface area contributed by atoms with Crippen molar-refractivity contribution in [2.75, 3.05) is 6.54 Å². The summed E-state index contributed by atoms with van der Waals surface area (Å²) in [5.74, 6) is 2.79. The van der Waals surface area contributed by atoms with Crippen molar-refractivity contribution in [3.05, 3.63) is 54.0 Å². The molecule has 0 radical (unpaired) electrons. The molecule has 5 unspecified atom stereocenters. The first-order chi connectivity index (χ1) is 15.6. The molecule has 7 nitrogen and oxygen atoms in total. The minimum absolute atomic E-state index is 0.00894. The quantitative estimate of drug-likeness (QED) is 0.628. The lowest BCUT2D eigenvalue weighted by atomic mass is 9.55. The number of fused-ring (bicyclic) bond motifs is 3. The molecule has 0 aliphatic heterocycles. The van der Waals surface area contributed by atoms with Gasteiger partial charge in [0.05, 0.1) is 30.9 Å². The van der Waals surface area contributed by atoms with E-state index in [1.54, 1.807) is 6.33 Å². The summed E-state index contributed by atoms with van der Waals surface area (Å²) in [7, 11) is 0. The summed E-state index contributed by atoms with van der Waals surface area (Å²) in [6.07, 6.45) is 13.8. The fourth-order valence-electron chi connectivity index (χ4n) is 8.19. The molecule has 4 fully saturated rings. The van der Waals surface area contributed by atoms with Crippen molar-refractivity contribution in [2.24, 2.45) is 28.6 Å². The van der Waals surface area contributed by atoms with E-state index in [4.69, 9.17) is 0 Å². The van der Waals surface area contributed by atoms with Crippen LogP contribution in [0.5, 0.6) is 0 Å². The highest BCUT2D eigenvalue weighted by molar-refractivity contribution is 5.93. The zero-order valence-corrected chi connectivity index (χ0v) is 18.2. The van der Waals surface area contributed by atoms with Crippen molar-refractivity contribution < 1.29 is 9.90 Å². The molecular weight excluding hydrogens is 402 g/mol. The van der Waals surface area contributed by atoms with E-state index in [0.29, 0.717) is 28.8 Å². The summed E-state index contributed by atoms with van der Waals surface area (Å²) in [6.45, 7) is 1.28. The number of pyridine rings is 1. The molecule has 3 aromatic rings. The van der Waals surface area contributed by atoms with E-state index in [0.717, 1.165) is 35.6 Å². The zero-order valence-electron chi connectivity index (χ0n) is 18.2. The summed E-state index contributed by atoms with van der Waals surface area (Å²) in [5, 5.41) is 12.5. The van der Waals surface area contributed by atoms with Gasteiger partial charge in [-0.15, -0.1) is 0 Å². The van der Waals surface area contributed by atoms with Gasteiger partial charge in [0, 0.05) is 18.9 Å². The third-order valence-electron chi connectivity index (χ3n) is 9.18. The Morgan fingerprint density at radius 1 is 1.16 bits per heavy atom. The van der Waals surface area contributed by atoms with Crippen LogP contribution in [-0.4, -0.2) is 36.5 Å². The van der Waals surface area contributed by atoms with Crippen LogP contribution in [0.1, 0.15) is 60.4 Å². The summed E-state index contributed by atoms with van der Waals surface area (Å²) in [5.41, 5.74) is 3.87. The number of aromatic nitrogens is 4. The lowest BCUT2D eigenvalue weighted by Gasteiger charge is -2.49. The Kier molecular flexibility index (Phi) is 3.79. The molecule has 4 aliphatic carbocycles. The van der Waals surface area contributed by atoms with Gasteiger partial charge < -0.3 is 15.0 Å². The van der Waals surface area contributed by atoms with Crippen molar-refractivity contribution in [3.63, 3.8) is 0 Å². The molecule has 3 aromatic heterocycles. The van der Waals surface area contributed by atoms with Crippen LogP contribution in [0.25, 0.3) is 5.65 Å². The van der Waals surface area contributed by atoms with Crippen LogP contribution < -0.4 is 5.32 Å². The van der Waals surface area contributed by atoms with Gasteiger partial charge in [0.2, 0.25) is 0 Å². The van der Waals surface area contributed by atoms with E-state index in [1.807, 2.05) is 39.6 Å². The van der Waals surface area contributed by atoms with Gasteiger partial charge in [-0.2, -0.15) is 0 Å². The lowest BCUT2D eigenvalue weighted by Crippen LogP contribution is -2.43. The van der Waals surface area contributed by atoms with Crippen LogP contribution in [0, 0.1) is 28.6 Å². The Labute approximate surface area is 186 Å². The average molecular weight is 432 g/mol. The van der Waals surface area contributed by atoms with Crippen LogP contribution in [-0.2, 0) is 13.2 Å². The first kappa shape index (κ1) is 18.9. The maximum Gasteiger partial charge on any atom is 0.268 e. The summed E-state index contributed by atoms with van der Waals surface area (Å²) < 4.78 is 3.79. The molecule has 166 valence electrons. The molecule has 1 spiro atoms. The van der Waals surface area contributed by atoms with Gasteiger partial charge in [0.1, 0.15) is 11.3 Å². The molecular formula is C25H29N5O2. The summed E-state index contributed by atoms with van der Waals surface area (Å²) >= 11 is 0. The van der Waals surface area contributed by atoms with Crippen molar-refractivity contribution in [2.45, 2.75) is 51.7 Å². The first-order valence-corrected chi connectivity index (χ1v) is 11.9. The molecule has 3 bridgehead atoms. The third kappa shape index (κ3) is 2.60. The third-order valence-corrected chi connectivity index (χ3v) is 9.18. The Balaban J connectivity index is 1.10. The van der Waals surface area contributed by atoms with Crippen LogP contribution in [0.2, 0.25) is 0 Å². The number of carbonyl (C=O) groups is 1. The molecule has 7 rings (SSSR count). The number of rotatable bonds is 6. The fourth-order valence-corrected chi connectivity index (χ4v) is 8.19. The predicted octanol–water partition coefficient (Wildman–Crippen LogP) is 3.02. The number of aliphatic hydroxyl groups excluding tert-OH is 1. The topological polar surface area (TPSA) is 84.5 Å². The predicted molar refractivity (Wildman–Crippen MR) is 118 cm³/mol. The largest absolute Gasteiger partial charge is 0.390 e. The highest BCUT2D eigenvalue weighted by Crippen LogP contribution is 2.78. The van der Waals surface area contributed by atoms with Gasteiger partial charge in [-0.3, -0.25) is 9.20 Å². The number of nitrogens with zero attached hydrogens (tertiary/aromatic N) is 4. The molecule has 5 atom stereocenters. The van der Waals surface area contributed by atoms with Crippen LogP contribution >= 0.6 is 0 Å². The van der Waals surface area contributed by atoms with Crippen molar-refractivity contribution in [3.8, 4) is 0 Å². The molecule has 4 aliphatic rings. The Morgan fingerprint density at radius 3 is 2.97 bits per heavy atom. The van der Waals surface area contributed by atoms with E-state index in [-0.39, 0.29) is 12.5 Å². The second-order valence-corrected chi connectivity index (χ2v) is 11.0. The number of hydrogen-bond acceptors (Lipinski definition) is 4. The normalized spacial score (nSPS) is 34.1. The van der Waals surface area contributed by atoms with Gasteiger partial charge in [-0.05, 0) is 79.2 Å². The second-order valence-electron chi connectivity index (χ2n) is 11.0. The molecule has 0 aromatic carbocycles. The summed E-state index contributed by atoms with van der Waals surface area (Å²) in [4.78, 5) is 22.1. The van der Waals surface area contributed by atoms with Crippen molar-refractivity contribution >= 4 is 11.6 Å². The number of imidazole rings is 2. The molecule has 7 heteroatoms. The van der Waals surface area contributed by atoms with E-state index in [2.05, 4.69) is 15.3 Å². The first-order valence-electron chi connectivity index (χ1n) is 11.9. The summed E-state index contributed by atoms with van der Waals surface area (Å²) in [6, 6.07) is 5.71. The highest BCUT2D eigenvalue weighted by atomic mass is 16.3. The van der Waals surface area contributed by atoms with Gasteiger partial charge >= 0.3 is 0 Å². The Morgan fingerprint density at radius 2 is 2.09 bits per heavy atom. The number of hydrogen-bond donors (Lipinski definition) is 2. The van der Waals surface area contributed by atoms with Crippen LogP contribution in [0.4, 0.5) is 0 Å². The molecule has 32 heavy (non-hydrogen) atoms. The number of amides is 1. The van der Waals surface area contributed by atoms with Gasteiger partial charge in [0.25, 0.3) is 5.91 Å².